The Morgan fingerprint density at radius 3 is 2.33 bits per heavy atom. The van der Waals surface area contributed by atoms with E-state index in [0.717, 1.165) is 12.8 Å². The van der Waals surface area contributed by atoms with Crippen LogP contribution in [0.25, 0.3) is 0 Å². The molecular weight excluding hydrogens is 336 g/mol. The van der Waals surface area contributed by atoms with E-state index in [4.69, 9.17) is 0 Å². The molecule has 1 unspecified atom stereocenters. The standard InChI is InChI=1S/C22H24N4O/c1-16(13-26-15-23-14-24-26)25-22(27)12-21-19-8-4-2-6-17(19)10-11-18-7-3-5-9-20(18)21/h2-9,14-16,21H,10-13H2,1H3,(H,25,27). The first-order valence-corrected chi connectivity index (χ1v) is 9.48. The Morgan fingerprint density at radius 2 is 1.74 bits per heavy atom. The van der Waals surface area contributed by atoms with Crippen LogP contribution < -0.4 is 5.32 Å². The molecule has 4 rings (SSSR count). The normalized spacial score (nSPS) is 14.7. The lowest BCUT2D eigenvalue weighted by atomic mass is 9.85. The molecule has 138 valence electrons. The number of nitrogens with one attached hydrogen (secondary N) is 1. The van der Waals surface area contributed by atoms with Crippen LogP contribution in [0.1, 0.15) is 41.5 Å². The fourth-order valence-corrected chi connectivity index (χ4v) is 4.03. The lowest BCUT2D eigenvalue weighted by Gasteiger charge is -2.21. The second-order valence-corrected chi connectivity index (χ2v) is 7.24. The predicted molar refractivity (Wildman–Crippen MR) is 104 cm³/mol. The summed E-state index contributed by atoms with van der Waals surface area (Å²) < 4.78 is 1.74. The van der Waals surface area contributed by atoms with Gasteiger partial charge in [0.2, 0.25) is 5.91 Å². The quantitative estimate of drug-likeness (QED) is 0.761. The maximum Gasteiger partial charge on any atom is 0.221 e. The fourth-order valence-electron chi connectivity index (χ4n) is 4.03. The minimum Gasteiger partial charge on any atom is -0.352 e. The van der Waals surface area contributed by atoms with Gasteiger partial charge in [-0.3, -0.25) is 9.48 Å². The first-order valence-electron chi connectivity index (χ1n) is 9.48. The number of rotatable bonds is 5. The Bertz CT molecular complexity index is 872. The largest absolute Gasteiger partial charge is 0.352 e. The summed E-state index contributed by atoms with van der Waals surface area (Å²) in [6.07, 6.45) is 5.67. The molecule has 1 heterocycles. The summed E-state index contributed by atoms with van der Waals surface area (Å²) in [5, 5.41) is 7.23. The Hall–Kier alpha value is -2.95. The van der Waals surface area contributed by atoms with E-state index in [1.807, 2.05) is 6.92 Å². The van der Waals surface area contributed by atoms with Gasteiger partial charge in [0.25, 0.3) is 0 Å². The van der Waals surface area contributed by atoms with Gasteiger partial charge in [-0.05, 0) is 42.0 Å². The molecular formula is C22H24N4O. The Balaban J connectivity index is 1.54. The van der Waals surface area contributed by atoms with Gasteiger partial charge in [0.05, 0.1) is 6.54 Å². The number of carbonyl (C=O) groups excluding carboxylic acids is 1. The summed E-state index contributed by atoms with van der Waals surface area (Å²) in [5.74, 6) is 0.164. The molecule has 0 fully saturated rings. The van der Waals surface area contributed by atoms with Crippen molar-refractivity contribution >= 4 is 5.91 Å². The average molecular weight is 360 g/mol. The molecule has 1 atom stereocenters. The van der Waals surface area contributed by atoms with Crippen molar-refractivity contribution < 1.29 is 4.79 Å². The van der Waals surface area contributed by atoms with Crippen LogP contribution in [0.5, 0.6) is 0 Å². The highest BCUT2D eigenvalue weighted by molar-refractivity contribution is 5.78. The lowest BCUT2D eigenvalue weighted by Crippen LogP contribution is -2.36. The summed E-state index contributed by atoms with van der Waals surface area (Å²) in [4.78, 5) is 16.8. The van der Waals surface area contributed by atoms with E-state index in [-0.39, 0.29) is 17.9 Å². The van der Waals surface area contributed by atoms with Crippen LogP contribution in [0.2, 0.25) is 0 Å². The number of benzene rings is 2. The van der Waals surface area contributed by atoms with E-state index < -0.39 is 0 Å². The second-order valence-electron chi connectivity index (χ2n) is 7.24. The SMILES string of the molecule is CC(Cn1cncn1)NC(=O)CC1c2ccccc2CCc2ccccc21. The number of aryl methyl sites for hydroxylation is 2. The van der Waals surface area contributed by atoms with E-state index in [0.29, 0.717) is 13.0 Å². The molecule has 1 aliphatic rings. The monoisotopic (exact) mass is 360 g/mol. The van der Waals surface area contributed by atoms with Gasteiger partial charge in [0.15, 0.2) is 0 Å². The van der Waals surface area contributed by atoms with E-state index >= 15 is 0 Å². The molecule has 1 N–H and O–H groups in total. The zero-order valence-electron chi connectivity index (χ0n) is 15.5. The minimum atomic E-state index is -0.00420. The first-order chi connectivity index (χ1) is 13.2. The highest BCUT2D eigenvalue weighted by Crippen LogP contribution is 2.36. The molecule has 2 aromatic carbocycles. The van der Waals surface area contributed by atoms with Crippen LogP contribution in [0.15, 0.2) is 61.2 Å². The van der Waals surface area contributed by atoms with E-state index in [1.165, 1.54) is 28.6 Å². The maximum atomic E-state index is 12.8. The third kappa shape index (κ3) is 3.92. The Morgan fingerprint density at radius 1 is 1.11 bits per heavy atom. The van der Waals surface area contributed by atoms with Gasteiger partial charge in [0.1, 0.15) is 12.7 Å². The number of nitrogens with zero attached hydrogens (tertiary/aromatic N) is 3. The molecule has 0 saturated heterocycles. The van der Waals surface area contributed by atoms with Crippen molar-refractivity contribution in [3.05, 3.63) is 83.4 Å². The maximum absolute atomic E-state index is 12.8. The van der Waals surface area contributed by atoms with Crippen LogP contribution in [-0.2, 0) is 24.2 Å². The van der Waals surface area contributed by atoms with Gasteiger partial charge >= 0.3 is 0 Å². The van der Waals surface area contributed by atoms with Crippen LogP contribution >= 0.6 is 0 Å². The van der Waals surface area contributed by atoms with Gasteiger partial charge in [-0.25, -0.2) is 4.98 Å². The second kappa shape index (κ2) is 7.74. The summed E-state index contributed by atoms with van der Waals surface area (Å²) in [6, 6.07) is 17.1. The molecule has 0 radical (unpaired) electrons. The zero-order valence-corrected chi connectivity index (χ0v) is 15.5. The van der Waals surface area contributed by atoms with Crippen LogP contribution in [-0.4, -0.2) is 26.7 Å². The number of hydrogen-bond acceptors (Lipinski definition) is 3. The van der Waals surface area contributed by atoms with Gasteiger partial charge in [0, 0.05) is 18.4 Å². The van der Waals surface area contributed by atoms with Gasteiger partial charge in [-0.1, -0.05) is 48.5 Å². The summed E-state index contributed by atoms with van der Waals surface area (Å²) in [6.45, 7) is 2.61. The highest BCUT2D eigenvalue weighted by Gasteiger charge is 2.25. The Kier molecular flexibility index (Phi) is 5.01. The number of amides is 1. The van der Waals surface area contributed by atoms with Crippen molar-refractivity contribution in [2.45, 2.75) is 44.7 Å². The van der Waals surface area contributed by atoms with Gasteiger partial charge in [-0.15, -0.1) is 0 Å². The van der Waals surface area contributed by atoms with Crippen molar-refractivity contribution in [3.8, 4) is 0 Å². The molecule has 1 aliphatic carbocycles. The molecule has 0 aliphatic heterocycles. The number of hydrogen-bond donors (Lipinski definition) is 1. The van der Waals surface area contributed by atoms with Crippen LogP contribution in [0.4, 0.5) is 0 Å². The fraction of sp³-hybridized carbons (Fsp3) is 0.318. The average Bonchev–Trinajstić information content (AvgIpc) is 3.12. The van der Waals surface area contributed by atoms with Crippen molar-refractivity contribution in [1.82, 2.24) is 20.1 Å². The molecule has 5 nitrogen and oxygen atoms in total. The summed E-state index contributed by atoms with van der Waals surface area (Å²) in [7, 11) is 0. The number of aromatic nitrogens is 3. The molecule has 27 heavy (non-hydrogen) atoms. The van der Waals surface area contributed by atoms with Crippen LogP contribution in [0.3, 0.4) is 0 Å². The number of fused-ring (bicyclic) bond motifs is 2. The lowest BCUT2D eigenvalue weighted by molar-refractivity contribution is -0.122. The number of carbonyl (C=O) groups is 1. The Labute approximate surface area is 159 Å². The molecule has 0 spiro atoms. The topological polar surface area (TPSA) is 59.8 Å². The van der Waals surface area contributed by atoms with Gasteiger partial charge in [-0.2, -0.15) is 5.10 Å². The van der Waals surface area contributed by atoms with E-state index in [1.54, 1.807) is 11.0 Å². The summed E-state index contributed by atoms with van der Waals surface area (Å²) in [5.41, 5.74) is 5.26. The van der Waals surface area contributed by atoms with Crippen molar-refractivity contribution in [1.29, 1.82) is 0 Å². The van der Waals surface area contributed by atoms with Crippen molar-refractivity contribution in [2.24, 2.45) is 0 Å². The first kappa shape index (κ1) is 17.5. The molecule has 1 amide bonds. The zero-order chi connectivity index (χ0) is 18.6. The highest BCUT2D eigenvalue weighted by atomic mass is 16.1. The molecule has 1 aromatic heterocycles. The van der Waals surface area contributed by atoms with Gasteiger partial charge < -0.3 is 5.32 Å². The van der Waals surface area contributed by atoms with E-state index in [9.17, 15) is 4.79 Å². The predicted octanol–water partition coefficient (Wildman–Crippen LogP) is 3.10. The minimum absolute atomic E-state index is 0.00420. The summed E-state index contributed by atoms with van der Waals surface area (Å²) >= 11 is 0. The third-order valence-electron chi connectivity index (χ3n) is 5.25. The molecule has 0 bridgehead atoms. The molecule has 0 saturated carbocycles. The molecule has 3 aromatic rings. The van der Waals surface area contributed by atoms with E-state index in [2.05, 4.69) is 63.9 Å². The van der Waals surface area contributed by atoms with Crippen molar-refractivity contribution in [2.75, 3.05) is 0 Å². The molecule has 5 heteroatoms. The van der Waals surface area contributed by atoms with Crippen molar-refractivity contribution in [3.63, 3.8) is 0 Å². The smallest absolute Gasteiger partial charge is 0.221 e. The third-order valence-corrected chi connectivity index (χ3v) is 5.25. The van der Waals surface area contributed by atoms with Crippen LogP contribution in [0, 0.1) is 0 Å².